The summed E-state index contributed by atoms with van der Waals surface area (Å²) < 4.78 is 151. The first kappa shape index (κ1) is 36.2. The van der Waals surface area contributed by atoms with Gasteiger partial charge in [-0.25, -0.2) is 0 Å². The summed E-state index contributed by atoms with van der Waals surface area (Å²) in [5.74, 6) is 0. The van der Waals surface area contributed by atoms with Gasteiger partial charge < -0.3 is 18.9 Å². The molecule has 0 bridgehead atoms. The van der Waals surface area contributed by atoms with E-state index >= 15 is 0 Å². The lowest BCUT2D eigenvalue weighted by molar-refractivity contribution is 0.590. The second kappa shape index (κ2) is 18.6. The lowest BCUT2D eigenvalue weighted by atomic mass is 9.33. The highest BCUT2D eigenvalue weighted by Crippen LogP contribution is 2.52. The third-order valence-corrected chi connectivity index (χ3v) is 16.9. The van der Waals surface area contributed by atoms with E-state index in [1.54, 1.807) is 9.13 Å². The van der Waals surface area contributed by atoms with E-state index < -0.39 is 109 Å². The third kappa shape index (κ3) is 8.03. The van der Waals surface area contributed by atoms with Crippen LogP contribution in [0.2, 0.25) is 0 Å². The van der Waals surface area contributed by atoms with Crippen LogP contribution in [0.3, 0.4) is 0 Å². The van der Waals surface area contributed by atoms with E-state index in [1.807, 2.05) is 72.8 Å². The molecule has 0 aliphatic carbocycles. The number of fused-ring (bicyclic) bond motifs is 10. The maximum Gasteiger partial charge on any atom is 0.252 e. The summed E-state index contributed by atoms with van der Waals surface area (Å²) in [6, 6.07) is 41.6. The molecule has 0 radical (unpaired) electrons. The Bertz CT molecular complexity index is 5230. The Morgan fingerprint density at radius 2 is 0.675 bits per heavy atom. The van der Waals surface area contributed by atoms with Gasteiger partial charge >= 0.3 is 0 Å². The summed E-state index contributed by atoms with van der Waals surface area (Å²) in [6.07, 6.45) is 0. The molecule has 2 aliphatic heterocycles. The van der Waals surface area contributed by atoms with E-state index in [2.05, 4.69) is 145 Å². The minimum atomic E-state index is -0.659. The van der Waals surface area contributed by atoms with E-state index in [9.17, 15) is 11.0 Å². The number of nitrogens with zero attached hydrogens (tertiary/aromatic N) is 4. The van der Waals surface area contributed by atoms with Gasteiger partial charge in [-0.05, 0) is 145 Å². The average Bonchev–Trinajstić information content (AvgIpc) is 1.70. The largest absolute Gasteiger partial charge is 0.311 e. The zero-order valence-corrected chi connectivity index (χ0v) is 47.7. The van der Waals surface area contributed by atoms with Gasteiger partial charge in [-0.3, -0.25) is 0 Å². The molecule has 0 saturated heterocycles. The fraction of sp³-hybridized carbons (Fsp3) is 0.154. The third-order valence-electron chi connectivity index (χ3n) is 16.9. The van der Waals surface area contributed by atoms with Crippen LogP contribution in [0, 0.1) is 0 Å². The van der Waals surface area contributed by atoms with Crippen molar-refractivity contribution in [2.45, 2.75) is 78.6 Å². The molecule has 0 N–H and O–H groups in total. The van der Waals surface area contributed by atoms with Crippen LogP contribution in [0.4, 0.5) is 34.1 Å². The second-order valence-electron chi connectivity index (χ2n) is 25.0. The average molecular weight is 1090 g/mol. The van der Waals surface area contributed by atoms with Crippen molar-refractivity contribution in [3.63, 3.8) is 0 Å². The second-order valence-corrected chi connectivity index (χ2v) is 25.0. The number of benzene rings is 11. The highest BCUT2D eigenvalue weighted by atomic mass is 15.2. The summed E-state index contributed by atoms with van der Waals surface area (Å²) in [5.41, 5.74) is 13.1. The minimum absolute atomic E-state index is 0.0276. The summed E-state index contributed by atoms with van der Waals surface area (Å²) in [4.78, 5) is 4.54. The van der Waals surface area contributed by atoms with Crippen molar-refractivity contribution < 1.29 is 21.9 Å². The van der Waals surface area contributed by atoms with Crippen LogP contribution in [0.15, 0.2) is 242 Å². The monoisotopic (exact) mass is 1090 g/mol. The minimum Gasteiger partial charge on any atom is -0.311 e. The van der Waals surface area contributed by atoms with Crippen LogP contribution in [-0.2, 0) is 16.2 Å². The zero-order chi connectivity index (χ0) is 70.6. The van der Waals surface area contributed by atoms with Crippen molar-refractivity contribution in [1.82, 2.24) is 9.13 Å². The van der Waals surface area contributed by atoms with Crippen molar-refractivity contribution in [3.8, 4) is 33.6 Å². The molecule has 0 atom stereocenters. The maximum absolute atomic E-state index is 9.63. The van der Waals surface area contributed by atoms with Gasteiger partial charge in [-0.1, -0.05) is 220 Å². The standard InChI is InChI=1S/C78H67BN4/c1-76(2,3)52-36-42-69(61(44-52)50-24-12-10-13-25-50)82-71-48-55(80-65-32-20-16-28-57(65)58-29-17-21-33-66(58)80)38-40-63(71)79-64-41-39-56(81-67-34-22-18-30-59(67)60-31-19-23-35-68(60)81)49-72(64)83(74-47-54(78(7,8)9)46-73(82)75(74)79)70-43-37-53(77(4,5)6)45-62(70)51-26-14-11-15-27-51/h10-49H,1-9H3/i16D,17D,18D,19D,20D,21D,22D,23D,28D,29D,30D,31D,32D,33D,34D,35D. The molecular weight excluding hydrogens is 1000 g/mol. The number of rotatable bonds is 6. The van der Waals surface area contributed by atoms with Crippen molar-refractivity contribution >= 4 is 101 Å². The molecule has 4 heterocycles. The normalized spacial score (nSPS) is 16.0. The highest BCUT2D eigenvalue weighted by molar-refractivity contribution is 7.00. The smallest absolute Gasteiger partial charge is 0.252 e. The van der Waals surface area contributed by atoms with E-state index in [4.69, 9.17) is 11.0 Å². The van der Waals surface area contributed by atoms with Crippen LogP contribution in [0.25, 0.3) is 77.2 Å². The van der Waals surface area contributed by atoms with E-state index in [0.717, 1.165) is 78.1 Å². The topological polar surface area (TPSA) is 16.3 Å². The Balaban J connectivity index is 1.14. The number of hydrogen-bond acceptors (Lipinski definition) is 2. The van der Waals surface area contributed by atoms with Crippen LogP contribution in [-0.4, -0.2) is 15.8 Å². The molecule has 402 valence electrons. The van der Waals surface area contributed by atoms with Crippen molar-refractivity contribution in [3.05, 3.63) is 259 Å². The number of aromatic nitrogens is 2. The van der Waals surface area contributed by atoms with Crippen molar-refractivity contribution in [2.24, 2.45) is 0 Å². The predicted octanol–water partition coefficient (Wildman–Crippen LogP) is 19.2. The molecule has 83 heavy (non-hydrogen) atoms. The summed E-state index contributed by atoms with van der Waals surface area (Å²) >= 11 is 0. The molecule has 2 aromatic heterocycles. The van der Waals surface area contributed by atoms with Gasteiger partial charge in [0, 0.05) is 66.8 Å². The highest BCUT2D eigenvalue weighted by Gasteiger charge is 2.45. The fourth-order valence-corrected chi connectivity index (χ4v) is 12.6. The van der Waals surface area contributed by atoms with Crippen molar-refractivity contribution in [2.75, 3.05) is 9.80 Å². The molecular formula is C78H67BN4. The summed E-state index contributed by atoms with van der Waals surface area (Å²) in [6.45, 7) is 18.9. The Labute approximate surface area is 511 Å². The first-order chi connectivity index (χ1) is 46.7. The molecule has 0 spiro atoms. The molecule has 2 aliphatic rings. The molecule has 11 aromatic carbocycles. The lowest BCUT2D eigenvalue weighted by Crippen LogP contribution is -2.61. The zero-order valence-electron chi connectivity index (χ0n) is 63.7. The summed E-state index contributed by atoms with van der Waals surface area (Å²) in [7, 11) is 0. The Hall–Kier alpha value is -9.32. The Kier molecular flexibility index (Phi) is 8.12. The first-order valence-corrected chi connectivity index (χ1v) is 28.2. The quantitative estimate of drug-likeness (QED) is 0.154. The molecule has 0 fully saturated rings. The van der Waals surface area contributed by atoms with Crippen LogP contribution in [0.5, 0.6) is 0 Å². The van der Waals surface area contributed by atoms with Gasteiger partial charge in [0.25, 0.3) is 6.71 Å². The SMILES string of the molecule is [2H]c1c([2H])c([2H])c2c(c1[2H])c1c([2H])c([2H])c([2H])c([2H])c1n2-c1ccc2c(c1)N(c1ccc(C(C)(C)C)cc1-c1ccccc1)c1cc(C(C)(C)C)cc3c1B2c1ccc(-n2c4c([2H])c([2H])c([2H])c([2H])c4c4c([2H])c([2H])c([2H])c([2H])c42)cc1N3c1ccc(C(C)(C)C)cc1-c1ccccc1. The number of para-hydroxylation sites is 4. The van der Waals surface area contributed by atoms with Gasteiger partial charge in [0.2, 0.25) is 0 Å². The van der Waals surface area contributed by atoms with Crippen LogP contribution >= 0.6 is 0 Å². The Morgan fingerprint density at radius 1 is 0.325 bits per heavy atom. The first-order valence-electron chi connectivity index (χ1n) is 36.2. The summed E-state index contributed by atoms with van der Waals surface area (Å²) in [5, 5.41) is -0.210. The van der Waals surface area contributed by atoms with Gasteiger partial charge in [-0.2, -0.15) is 0 Å². The van der Waals surface area contributed by atoms with Crippen LogP contribution in [0.1, 0.15) is 101 Å². The molecule has 0 amide bonds. The van der Waals surface area contributed by atoms with Gasteiger partial charge in [0.05, 0.1) is 55.4 Å². The number of hydrogen-bond donors (Lipinski definition) is 0. The van der Waals surface area contributed by atoms with E-state index in [1.165, 1.54) is 0 Å². The predicted molar refractivity (Wildman–Crippen MR) is 356 cm³/mol. The van der Waals surface area contributed by atoms with Gasteiger partial charge in [0.15, 0.2) is 0 Å². The molecule has 15 rings (SSSR count). The fourth-order valence-electron chi connectivity index (χ4n) is 12.6. The van der Waals surface area contributed by atoms with Crippen molar-refractivity contribution in [1.29, 1.82) is 0 Å². The maximum atomic E-state index is 9.63. The molecule has 0 unspecified atom stereocenters. The van der Waals surface area contributed by atoms with Crippen LogP contribution < -0.4 is 26.2 Å². The van der Waals surface area contributed by atoms with Gasteiger partial charge in [-0.15, -0.1) is 0 Å². The van der Waals surface area contributed by atoms with E-state index in [0.29, 0.717) is 22.7 Å². The van der Waals surface area contributed by atoms with Gasteiger partial charge in [0.1, 0.15) is 0 Å². The molecule has 13 aromatic rings. The molecule has 4 nitrogen and oxygen atoms in total. The van der Waals surface area contributed by atoms with E-state index in [-0.39, 0.29) is 54.4 Å². The molecule has 5 heteroatoms. The molecule has 0 saturated carbocycles. The lowest BCUT2D eigenvalue weighted by Gasteiger charge is -2.46. The Morgan fingerprint density at radius 3 is 1.02 bits per heavy atom. The number of anilines is 6.